The van der Waals surface area contributed by atoms with Crippen molar-refractivity contribution in [3.8, 4) is 0 Å². The summed E-state index contributed by atoms with van der Waals surface area (Å²) in [6.07, 6.45) is 0. The summed E-state index contributed by atoms with van der Waals surface area (Å²) < 4.78 is 0. The summed E-state index contributed by atoms with van der Waals surface area (Å²) in [6.45, 7) is 0.428. The maximum absolute atomic E-state index is 6.87. The van der Waals surface area contributed by atoms with Gasteiger partial charge in [-0.2, -0.15) is 0 Å². The van der Waals surface area contributed by atoms with Gasteiger partial charge in [0.25, 0.3) is 0 Å². The van der Waals surface area contributed by atoms with Gasteiger partial charge in [-0.25, -0.2) is 0 Å². The number of hydrogen-bond acceptors (Lipinski definition) is 1. The average Bonchev–Trinajstić information content (AvgIpc) is 2.14. The summed E-state index contributed by atoms with van der Waals surface area (Å²) in [5, 5.41) is 8.86. The molecule has 0 aliphatic carbocycles. The molecule has 1 nitrogen and oxygen atoms in total. The van der Waals surface area contributed by atoms with Crippen LogP contribution in [0.5, 0.6) is 0 Å². The van der Waals surface area contributed by atoms with Crippen molar-refractivity contribution in [1.29, 1.82) is 0 Å². The Kier molecular flexibility index (Phi) is 1.44. The molecule has 2 heteroatoms. The van der Waals surface area contributed by atoms with Crippen molar-refractivity contribution in [2.45, 2.75) is 6.61 Å². The van der Waals surface area contributed by atoms with Crippen molar-refractivity contribution < 1.29 is 5.11 Å². The third kappa shape index (κ3) is 1.01. The highest BCUT2D eigenvalue weighted by Crippen LogP contribution is 2.06. The molecule has 0 unspecified atom stereocenters. The lowest BCUT2D eigenvalue weighted by Gasteiger charge is -1.74. The summed E-state index contributed by atoms with van der Waals surface area (Å²) >= 11 is 1.64. The summed E-state index contributed by atoms with van der Waals surface area (Å²) in [4.78, 5) is 1.14. The molecule has 1 heterocycles. The van der Waals surface area contributed by atoms with Crippen molar-refractivity contribution in [1.82, 2.24) is 0 Å². The highest BCUT2D eigenvalue weighted by Gasteiger charge is 1.87. The largest absolute Gasteiger partial charge is 0.441 e. The molecule has 0 aromatic carbocycles. The first kappa shape index (κ1) is 4.81. The molecular formula is C5H7OS+. The first-order chi connectivity index (χ1) is 3.43. The van der Waals surface area contributed by atoms with Crippen LogP contribution in [0.4, 0.5) is 0 Å². The topological polar surface area (TPSA) is 22.9 Å². The van der Waals surface area contributed by atoms with Crippen molar-refractivity contribution in [2.75, 3.05) is 0 Å². The van der Waals surface area contributed by atoms with Crippen molar-refractivity contribution in [3.63, 3.8) is 0 Å². The zero-order chi connectivity index (χ0) is 5.11. The summed E-state index contributed by atoms with van der Waals surface area (Å²) in [6, 6.07) is 3.94. The molecule has 0 fully saturated rings. The number of hydrogen-bond donors (Lipinski definition) is 0. The first-order valence-corrected chi connectivity index (χ1v) is 2.98. The molecule has 0 aliphatic rings. The highest BCUT2D eigenvalue weighted by atomic mass is 32.1. The summed E-state index contributed by atoms with van der Waals surface area (Å²) in [5.41, 5.74) is 0. The Labute approximate surface area is 46.2 Å². The Hall–Kier alpha value is -0.340. The minimum atomic E-state index is 0.428. The van der Waals surface area contributed by atoms with Crippen LogP contribution in [0.25, 0.3) is 0 Å². The Morgan fingerprint density at radius 2 is 2.57 bits per heavy atom. The van der Waals surface area contributed by atoms with Crippen LogP contribution in [0.3, 0.4) is 0 Å². The number of thiophene rings is 1. The molecule has 0 radical (unpaired) electrons. The smallest absolute Gasteiger partial charge is 0.179 e. The molecular weight excluding hydrogens is 108 g/mol. The molecule has 1 aromatic rings. The zero-order valence-corrected chi connectivity index (χ0v) is 4.66. The van der Waals surface area contributed by atoms with Gasteiger partial charge in [-0.05, 0) is 11.4 Å². The molecule has 0 saturated heterocycles. The Balaban J connectivity index is 2.76. The molecule has 7 heavy (non-hydrogen) atoms. The SMILES string of the molecule is [OH2+]Cc1cccs1. The van der Waals surface area contributed by atoms with Gasteiger partial charge in [0.2, 0.25) is 0 Å². The minimum Gasteiger partial charge on any atom is -0.441 e. The van der Waals surface area contributed by atoms with Gasteiger partial charge in [0.15, 0.2) is 6.61 Å². The van der Waals surface area contributed by atoms with E-state index in [9.17, 15) is 0 Å². The van der Waals surface area contributed by atoms with E-state index in [2.05, 4.69) is 0 Å². The predicted octanol–water partition coefficient (Wildman–Crippen LogP) is 0.973. The van der Waals surface area contributed by atoms with Gasteiger partial charge in [0.05, 0.1) is 4.88 Å². The standard InChI is InChI=1S/C5H6OS/c6-4-5-2-1-3-7-5/h1-3,6H,4H2/p+1. The summed E-state index contributed by atoms with van der Waals surface area (Å²) in [7, 11) is 0. The molecule has 0 amide bonds. The monoisotopic (exact) mass is 115 g/mol. The van der Waals surface area contributed by atoms with Crippen molar-refractivity contribution >= 4 is 11.3 Å². The Morgan fingerprint density at radius 1 is 1.71 bits per heavy atom. The van der Waals surface area contributed by atoms with Crippen LogP contribution in [-0.2, 0) is 6.61 Å². The zero-order valence-electron chi connectivity index (χ0n) is 3.85. The molecule has 0 spiro atoms. The molecule has 1 rings (SSSR count). The van der Waals surface area contributed by atoms with Crippen LogP contribution in [0.1, 0.15) is 4.88 Å². The molecule has 0 bridgehead atoms. The quantitative estimate of drug-likeness (QED) is 0.487. The Bertz CT molecular complexity index is 123. The van der Waals surface area contributed by atoms with Gasteiger partial charge in [0.1, 0.15) is 0 Å². The van der Waals surface area contributed by atoms with Crippen LogP contribution in [0.2, 0.25) is 0 Å². The van der Waals surface area contributed by atoms with Crippen LogP contribution in [-0.4, -0.2) is 5.11 Å². The van der Waals surface area contributed by atoms with E-state index in [0.717, 1.165) is 4.88 Å². The van der Waals surface area contributed by atoms with E-state index < -0.39 is 0 Å². The van der Waals surface area contributed by atoms with Crippen LogP contribution in [0.15, 0.2) is 17.5 Å². The van der Waals surface area contributed by atoms with Crippen LogP contribution < -0.4 is 0 Å². The second-order valence-electron chi connectivity index (χ2n) is 1.26. The predicted molar refractivity (Wildman–Crippen MR) is 31.6 cm³/mol. The van der Waals surface area contributed by atoms with Gasteiger partial charge < -0.3 is 5.11 Å². The maximum Gasteiger partial charge on any atom is 0.179 e. The van der Waals surface area contributed by atoms with E-state index in [1.165, 1.54) is 0 Å². The van der Waals surface area contributed by atoms with Gasteiger partial charge in [0, 0.05) is 0 Å². The van der Waals surface area contributed by atoms with E-state index in [0.29, 0.717) is 6.61 Å². The second-order valence-corrected chi connectivity index (χ2v) is 2.29. The van der Waals surface area contributed by atoms with Crippen LogP contribution in [0, 0.1) is 0 Å². The lowest BCUT2D eigenvalue weighted by atomic mass is 10.5. The van der Waals surface area contributed by atoms with E-state index in [1.54, 1.807) is 11.3 Å². The first-order valence-electron chi connectivity index (χ1n) is 2.10. The minimum absolute atomic E-state index is 0.428. The van der Waals surface area contributed by atoms with Gasteiger partial charge >= 0.3 is 0 Å². The fraction of sp³-hybridized carbons (Fsp3) is 0.200. The second kappa shape index (κ2) is 2.09. The highest BCUT2D eigenvalue weighted by molar-refractivity contribution is 7.09. The maximum atomic E-state index is 6.87. The van der Waals surface area contributed by atoms with E-state index >= 15 is 0 Å². The molecule has 1 aromatic heterocycles. The molecule has 0 atom stereocenters. The van der Waals surface area contributed by atoms with Gasteiger partial charge in [-0.1, -0.05) is 6.07 Å². The normalized spacial score (nSPS) is 9.29. The van der Waals surface area contributed by atoms with E-state index in [1.807, 2.05) is 17.5 Å². The van der Waals surface area contributed by atoms with E-state index in [-0.39, 0.29) is 0 Å². The summed E-state index contributed by atoms with van der Waals surface area (Å²) in [5.74, 6) is 0. The van der Waals surface area contributed by atoms with Gasteiger partial charge in [-0.15, -0.1) is 11.3 Å². The third-order valence-electron chi connectivity index (χ3n) is 0.754. The molecule has 0 aliphatic heterocycles. The fourth-order valence-electron chi connectivity index (χ4n) is 0.413. The van der Waals surface area contributed by atoms with E-state index in [4.69, 9.17) is 5.11 Å². The van der Waals surface area contributed by atoms with Crippen LogP contribution >= 0.6 is 11.3 Å². The van der Waals surface area contributed by atoms with Crippen molar-refractivity contribution in [2.24, 2.45) is 0 Å². The molecule has 2 N–H and O–H groups in total. The van der Waals surface area contributed by atoms with Crippen molar-refractivity contribution in [3.05, 3.63) is 22.4 Å². The molecule has 0 saturated carbocycles. The molecule has 38 valence electrons. The lowest BCUT2D eigenvalue weighted by molar-refractivity contribution is 0.285. The number of rotatable bonds is 1. The average molecular weight is 115 g/mol. The van der Waals surface area contributed by atoms with Gasteiger partial charge in [-0.3, -0.25) is 0 Å². The Morgan fingerprint density at radius 3 is 2.86 bits per heavy atom. The third-order valence-corrected chi connectivity index (χ3v) is 1.63. The lowest BCUT2D eigenvalue weighted by Crippen LogP contribution is -1.69. The fourth-order valence-corrected chi connectivity index (χ4v) is 0.986.